The van der Waals surface area contributed by atoms with Crippen molar-refractivity contribution in [1.82, 2.24) is 4.72 Å². The fraction of sp³-hybridized carbons (Fsp3) is 0.455. The van der Waals surface area contributed by atoms with Gasteiger partial charge in [-0.1, -0.05) is 11.6 Å². The van der Waals surface area contributed by atoms with Gasteiger partial charge < -0.3 is 5.73 Å². The van der Waals surface area contributed by atoms with Gasteiger partial charge in [-0.3, -0.25) is 0 Å². The van der Waals surface area contributed by atoms with Crippen LogP contribution in [0.25, 0.3) is 0 Å². The molecule has 114 valence electrons. The van der Waals surface area contributed by atoms with Gasteiger partial charge >= 0.3 is 0 Å². The van der Waals surface area contributed by atoms with Crippen LogP contribution in [0.3, 0.4) is 0 Å². The molecule has 0 aliphatic rings. The summed E-state index contributed by atoms with van der Waals surface area (Å²) in [6.07, 6.45) is 3.54. The van der Waals surface area contributed by atoms with Gasteiger partial charge in [0.1, 0.15) is 4.90 Å². The fourth-order valence-electron chi connectivity index (χ4n) is 1.45. The van der Waals surface area contributed by atoms with Crippen molar-refractivity contribution in [2.45, 2.75) is 17.7 Å². The number of rotatable bonds is 7. The maximum absolute atomic E-state index is 13.9. The van der Waals surface area contributed by atoms with Gasteiger partial charge in [-0.15, -0.1) is 0 Å². The molecule has 20 heavy (non-hydrogen) atoms. The number of halogens is 3. The molecule has 0 radical (unpaired) electrons. The lowest BCUT2D eigenvalue weighted by Crippen LogP contribution is -2.26. The van der Waals surface area contributed by atoms with Crippen molar-refractivity contribution < 1.29 is 12.8 Å². The van der Waals surface area contributed by atoms with Gasteiger partial charge in [-0.25, -0.2) is 17.5 Å². The lowest BCUT2D eigenvalue weighted by Gasteiger charge is -2.11. The molecule has 0 aliphatic heterocycles. The zero-order chi connectivity index (χ0) is 15.3. The van der Waals surface area contributed by atoms with Crippen molar-refractivity contribution >= 4 is 55.0 Å². The average molecular weight is 406 g/mol. The number of nitrogen functional groups attached to an aromatic ring is 1. The van der Waals surface area contributed by atoms with E-state index in [1.807, 2.05) is 6.26 Å². The molecule has 0 amide bonds. The molecule has 0 aliphatic carbocycles. The molecule has 0 aromatic heterocycles. The summed E-state index contributed by atoms with van der Waals surface area (Å²) in [6.45, 7) is 0.246. The Labute approximate surface area is 135 Å². The quantitative estimate of drug-likeness (QED) is 0.415. The van der Waals surface area contributed by atoms with Crippen molar-refractivity contribution in [3.05, 3.63) is 21.4 Å². The molecule has 0 spiro atoms. The van der Waals surface area contributed by atoms with Crippen LogP contribution in [0, 0.1) is 5.82 Å². The number of nitrogens with one attached hydrogen (secondary N) is 1. The number of nitrogens with two attached hydrogens (primary N) is 1. The van der Waals surface area contributed by atoms with Crippen LogP contribution < -0.4 is 10.5 Å². The molecule has 0 heterocycles. The van der Waals surface area contributed by atoms with Crippen LogP contribution in [0.15, 0.2) is 15.4 Å². The summed E-state index contributed by atoms with van der Waals surface area (Å²) in [6, 6.07) is 1.04. The van der Waals surface area contributed by atoms with Crippen LogP contribution in [0.2, 0.25) is 5.02 Å². The molecule has 0 saturated heterocycles. The molecule has 3 N–H and O–H groups in total. The summed E-state index contributed by atoms with van der Waals surface area (Å²) in [5.74, 6) is -0.0504. The SMILES string of the molecule is CSCCCCNS(=O)(=O)c1cc(Cl)c(Br)c(N)c1F. The number of sulfonamides is 1. The normalized spacial score (nSPS) is 11.8. The van der Waals surface area contributed by atoms with Crippen LogP contribution in [-0.2, 0) is 10.0 Å². The molecule has 0 saturated carbocycles. The lowest BCUT2D eigenvalue weighted by atomic mass is 10.3. The summed E-state index contributed by atoms with van der Waals surface area (Å²) in [4.78, 5) is -0.534. The second-order valence-electron chi connectivity index (χ2n) is 4.00. The van der Waals surface area contributed by atoms with E-state index in [1.54, 1.807) is 11.8 Å². The largest absolute Gasteiger partial charge is 0.395 e. The lowest BCUT2D eigenvalue weighted by molar-refractivity contribution is 0.556. The number of anilines is 1. The third kappa shape index (κ3) is 4.49. The highest BCUT2D eigenvalue weighted by Crippen LogP contribution is 2.34. The average Bonchev–Trinajstić information content (AvgIpc) is 2.40. The molecule has 0 unspecified atom stereocenters. The van der Waals surface area contributed by atoms with E-state index < -0.39 is 20.7 Å². The molecule has 0 atom stereocenters. The number of hydrogen-bond acceptors (Lipinski definition) is 4. The van der Waals surface area contributed by atoms with E-state index in [0.717, 1.165) is 18.2 Å². The number of unbranched alkanes of at least 4 members (excludes halogenated alkanes) is 1. The Bertz CT molecular complexity index is 584. The number of hydrogen-bond donors (Lipinski definition) is 2. The third-order valence-corrected chi connectivity index (χ3v) is 6.05. The minimum Gasteiger partial charge on any atom is -0.395 e. The van der Waals surface area contributed by atoms with Gasteiger partial charge in [0.15, 0.2) is 5.82 Å². The zero-order valence-corrected chi connectivity index (χ0v) is 14.7. The van der Waals surface area contributed by atoms with Crippen molar-refractivity contribution in [1.29, 1.82) is 0 Å². The van der Waals surface area contributed by atoms with E-state index in [2.05, 4.69) is 20.7 Å². The van der Waals surface area contributed by atoms with Crippen LogP contribution in [0.5, 0.6) is 0 Å². The second kappa shape index (κ2) is 7.84. The van der Waals surface area contributed by atoms with E-state index >= 15 is 0 Å². The maximum atomic E-state index is 13.9. The Kier molecular flexibility index (Phi) is 7.07. The van der Waals surface area contributed by atoms with E-state index in [1.165, 1.54) is 0 Å². The number of benzene rings is 1. The highest BCUT2D eigenvalue weighted by atomic mass is 79.9. The first kappa shape index (κ1) is 18.0. The van der Waals surface area contributed by atoms with Crippen LogP contribution in [-0.4, -0.2) is 27.0 Å². The predicted molar refractivity (Wildman–Crippen MR) is 86.3 cm³/mol. The fourth-order valence-corrected chi connectivity index (χ4v) is 3.70. The molecule has 0 bridgehead atoms. The van der Waals surface area contributed by atoms with Gasteiger partial charge in [0, 0.05) is 6.54 Å². The highest BCUT2D eigenvalue weighted by Gasteiger charge is 2.23. The Balaban J connectivity index is 2.88. The van der Waals surface area contributed by atoms with Gasteiger partial charge in [0.25, 0.3) is 0 Å². The van der Waals surface area contributed by atoms with Gasteiger partial charge in [-0.05, 0) is 46.8 Å². The third-order valence-electron chi connectivity index (χ3n) is 2.51. The Morgan fingerprint density at radius 3 is 2.75 bits per heavy atom. The first-order valence-corrected chi connectivity index (χ1v) is 9.77. The summed E-state index contributed by atoms with van der Waals surface area (Å²) in [5.41, 5.74) is 5.15. The van der Waals surface area contributed by atoms with Crippen LogP contribution >= 0.6 is 39.3 Å². The van der Waals surface area contributed by atoms with Crippen molar-refractivity contribution in [2.75, 3.05) is 24.3 Å². The second-order valence-corrected chi connectivity index (χ2v) is 7.92. The zero-order valence-electron chi connectivity index (χ0n) is 10.8. The first-order chi connectivity index (χ1) is 9.31. The van der Waals surface area contributed by atoms with E-state index in [-0.39, 0.29) is 21.7 Å². The Hall–Kier alpha value is -0.0200. The van der Waals surface area contributed by atoms with Gasteiger partial charge in [0.2, 0.25) is 10.0 Å². The van der Waals surface area contributed by atoms with E-state index in [9.17, 15) is 12.8 Å². The molecule has 0 fully saturated rings. The molecular weight excluding hydrogens is 391 g/mol. The van der Waals surface area contributed by atoms with E-state index in [4.69, 9.17) is 17.3 Å². The van der Waals surface area contributed by atoms with Crippen molar-refractivity contribution in [2.24, 2.45) is 0 Å². The molecule has 1 aromatic carbocycles. The van der Waals surface area contributed by atoms with Crippen LogP contribution in [0.4, 0.5) is 10.1 Å². The minimum absolute atomic E-state index is 0.0478. The topological polar surface area (TPSA) is 72.2 Å². The molecule has 1 rings (SSSR count). The molecular formula is C11H15BrClFN2O2S2. The van der Waals surface area contributed by atoms with Gasteiger partial charge in [0.05, 0.1) is 15.2 Å². The standard InChI is InChI=1S/C11H15BrClFN2O2S2/c1-19-5-3-2-4-16-20(17,18)8-6-7(13)9(12)11(15)10(8)14/h6,16H,2-5,15H2,1H3. The minimum atomic E-state index is -3.96. The maximum Gasteiger partial charge on any atom is 0.243 e. The van der Waals surface area contributed by atoms with E-state index in [0.29, 0.717) is 6.42 Å². The molecule has 4 nitrogen and oxygen atoms in total. The van der Waals surface area contributed by atoms with Crippen molar-refractivity contribution in [3.63, 3.8) is 0 Å². The summed E-state index contributed by atoms with van der Waals surface area (Å²) < 4.78 is 40.5. The Morgan fingerprint density at radius 2 is 2.15 bits per heavy atom. The predicted octanol–water partition coefficient (Wildman–Crippen LogP) is 3.25. The number of thioether (sulfide) groups is 1. The molecule has 9 heteroatoms. The summed E-state index contributed by atoms with van der Waals surface area (Å²) in [7, 11) is -3.96. The Morgan fingerprint density at radius 1 is 1.50 bits per heavy atom. The van der Waals surface area contributed by atoms with Crippen molar-refractivity contribution in [3.8, 4) is 0 Å². The first-order valence-electron chi connectivity index (χ1n) is 5.73. The smallest absolute Gasteiger partial charge is 0.243 e. The summed E-state index contributed by atoms with van der Waals surface area (Å²) in [5, 5.41) is 0.0478. The monoisotopic (exact) mass is 404 g/mol. The van der Waals surface area contributed by atoms with Gasteiger partial charge in [-0.2, -0.15) is 11.8 Å². The van der Waals surface area contributed by atoms with Crippen LogP contribution in [0.1, 0.15) is 12.8 Å². The summed E-state index contributed by atoms with van der Waals surface area (Å²) >= 11 is 10.5. The highest BCUT2D eigenvalue weighted by molar-refractivity contribution is 9.10. The molecule has 1 aromatic rings.